The maximum atomic E-state index is 11.5. The molecule has 2 nitrogen and oxygen atoms in total. The van der Waals surface area contributed by atoms with Crippen molar-refractivity contribution in [3.05, 3.63) is 24.0 Å². The molecule has 4 aliphatic rings. The summed E-state index contributed by atoms with van der Waals surface area (Å²) in [6, 6.07) is 0. The first-order valence-electron chi connectivity index (χ1n) is 9.49. The first kappa shape index (κ1) is 15.5. The van der Waals surface area contributed by atoms with E-state index in [-0.39, 0.29) is 11.4 Å². The van der Waals surface area contributed by atoms with Crippen molar-refractivity contribution in [1.82, 2.24) is 0 Å². The number of fused-ring (bicyclic) bond motifs is 5. The molecular weight excluding hydrogens is 284 g/mol. The molecular formula is C21H30O2. The molecule has 0 amide bonds. The SMILES string of the molecule is CC(=O)OC1=CCC2C3CCC4CC=CCC4(C)C3CCC12C. The zero-order chi connectivity index (χ0) is 16.2. The lowest BCUT2D eigenvalue weighted by Gasteiger charge is -2.59. The van der Waals surface area contributed by atoms with Gasteiger partial charge in [0.2, 0.25) is 0 Å². The summed E-state index contributed by atoms with van der Waals surface area (Å²) < 4.78 is 5.61. The fourth-order valence-corrected chi connectivity index (χ4v) is 6.68. The Balaban J connectivity index is 1.61. The molecule has 126 valence electrons. The Morgan fingerprint density at radius 2 is 1.96 bits per heavy atom. The van der Waals surface area contributed by atoms with Crippen LogP contribution in [-0.4, -0.2) is 5.97 Å². The predicted octanol–water partition coefficient (Wildman–Crippen LogP) is 5.25. The number of hydrogen-bond donors (Lipinski definition) is 0. The Morgan fingerprint density at radius 1 is 1.13 bits per heavy atom. The first-order valence-corrected chi connectivity index (χ1v) is 9.49. The highest BCUT2D eigenvalue weighted by molar-refractivity contribution is 5.67. The standard InChI is InChI=1S/C21H30O2/c1-14(22)23-19-10-9-17-16-8-7-15-6-4-5-12-20(15,2)18(16)11-13-21(17,19)3/h4-5,10,15-18H,6-9,11-13H2,1-3H3. The fraction of sp³-hybridized carbons (Fsp3) is 0.762. The summed E-state index contributed by atoms with van der Waals surface area (Å²) >= 11 is 0. The summed E-state index contributed by atoms with van der Waals surface area (Å²) in [5, 5.41) is 0. The number of esters is 1. The quantitative estimate of drug-likeness (QED) is 0.488. The van der Waals surface area contributed by atoms with Gasteiger partial charge >= 0.3 is 5.97 Å². The van der Waals surface area contributed by atoms with Crippen LogP contribution in [0.2, 0.25) is 0 Å². The number of allylic oxidation sites excluding steroid dienone is 4. The Bertz CT molecular complexity index is 574. The minimum Gasteiger partial charge on any atom is -0.431 e. The van der Waals surface area contributed by atoms with Gasteiger partial charge in [0, 0.05) is 12.3 Å². The van der Waals surface area contributed by atoms with Crippen LogP contribution in [0.3, 0.4) is 0 Å². The summed E-state index contributed by atoms with van der Waals surface area (Å²) in [6.45, 7) is 6.45. The Hall–Kier alpha value is -1.05. The van der Waals surface area contributed by atoms with Crippen LogP contribution in [0.5, 0.6) is 0 Å². The van der Waals surface area contributed by atoms with E-state index in [2.05, 4.69) is 32.1 Å². The highest BCUT2D eigenvalue weighted by atomic mass is 16.5. The van der Waals surface area contributed by atoms with Crippen molar-refractivity contribution in [2.24, 2.45) is 34.5 Å². The molecule has 0 radical (unpaired) electrons. The van der Waals surface area contributed by atoms with E-state index in [1.165, 1.54) is 45.4 Å². The minimum atomic E-state index is -0.159. The lowest BCUT2D eigenvalue weighted by atomic mass is 9.46. The van der Waals surface area contributed by atoms with Crippen LogP contribution in [0.25, 0.3) is 0 Å². The van der Waals surface area contributed by atoms with Crippen molar-refractivity contribution >= 4 is 5.97 Å². The predicted molar refractivity (Wildman–Crippen MR) is 91.5 cm³/mol. The van der Waals surface area contributed by atoms with E-state index in [1.54, 1.807) is 0 Å². The van der Waals surface area contributed by atoms with E-state index in [0.717, 1.165) is 29.9 Å². The molecule has 23 heavy (non-hydrogen) atoms. The molecule has 2 saturated carbocycles. The second-order valence-corrected chi connectivity index (χ2v) is 8.92. The fourth-order valence-electron chi connectivity index (χ4n) is 6.68. The Morgan fingerprint density at radius 3 is 2.74 bits per heavy atom. The van der Waals surface area contributed by atoms with E-state index < -0.39 is 0 Å². The molecule has 0 heterocycles. The summed E-state index contributed by atoms with van der Waals surface area (Å²) in [5.41, 5.74) is 0.601. The van der Waals surface area contributed by atoms with Gasteiger partial charge in [-0.25, -0.2) is 0 Å². The van der Waals surface area contributed by atoms with Gasteiger partial charge in [0.1, 0.15) is 5.76 Å². The summed E-state index contributed by atoms with van der Waals surface area (Å²) in [4.78, 5) is 11.5. The zero-order valence-electron chi connectivity index (χ0n) is 14.8. The van der Waals surface area contributed by atoms with Crippen molar-refractivity contribution in [2.75, 3.05) is 0 Å². The second-order valence-electron chi connectivity index (χ2n) is 8.92. The smallest absolute Gasteiger partial charge is 0.307 e. The summed E-state index contributed by atoms with van der Waals surface area (Å²) in [6.07, 6.45) is 16.0. The highest BCUT2D eigenvalue weighted by Crippen LogP contribution is 2.65. The van der Waals surface area contributed by atoms with Crippen LogP contribution >= 0.6 is 0 Å². The monoisotopic (exact) mass is 314 g/mol. The molecule has 0 bridgehead atoms. The van der Waals surface area contributed by atoms with E-state index in [9.17, 15) is 4.79 Å². The van der Waals surface area contributed by atoms with Crippen LogP contribution in [-0.2, 0) is 9.53 Å². The highest BCUT2D eigenvalue weighted by Gasteiger charge is 2.58. The first-order chi connectivity index (χ1) is 10.9. The maximum absolute atomic E-state index is 11.5. The average Bonchev–Trinajstić information content (AvgIpc) is 2.83. The third-order valence-corrected chi connectivity index (χ3v) is 7.97. The van der Waals surface area contributed by atoms with Crippen molar-refractivity contribution < 1.29 is 9.53 Å². The lowest BCUT2D eigenvalue weighted by molar-refractivity contribution is -0.141. The van der Waals surface area contributed by atoms with Crippen molar-refractivity contribution in [2.45, 2.75) is 65.7 Å². The third kappa shape index (κ3) is 2.16. The average molecular weight is 314 g/mol. The van der Waals surface area contributed by atoms with Crippen molar-refractivity contribution in [1.29, 1.82) is 0 Å². The van der Waals surface area contributed by atoms with E-state index in [4.69, 9.17) is 4.74 Å². The van der Waals surface area contributed by atoms with Crippen LogP contribution in [0.15, 0.2) is 24.0 Å². The van der Waals surface area contributed by atoms with Crippen molar-refractivity contribution in [3.8, 4) is 0 Å². The molecule has 0 aromatic carbocycles. The number of carbonyl (C=O) groups is 1. The summed E-state index contributed by atoms with van der Waals surface area (Å²) in [5.74, 6) is 4.05. The van der Waals surface area contributed by atoms with Crippen LogP contribution in [0.4, 0.5) is 0 Å². The van der Waals surface area contributed by atoms with Crippen molar-refractivity contribution in [3.63, 3.8) is 0 Å². The van der Waals surface area contributed by atoms with Gasteiger partial charge in [-0.05, 0) is 80.1 Å². The number of carbonyl (C=O) groups excluding carboxylic acids is 1. The van der Waals surface area contributed by atoms with Crippen LogP contribution in [0, 0.1) is 34.5 Å². The van der Waals surface area contributed by atoms with E-state index in [1.807, 2.05) is 0 Å². The molecule has 0 spiro atoms. The largest absolute Gasteiger partial charge is 0.431 e. The van der Waals surface area contributed by atoms with Gasteiger partial charge in [0.25, 0.3) is 0 Å². The van der Waals surface area contributed by atoms with Crippen LogP contribution < -0.4 is 0 Å². The van der Waals surface area contributed by atoms with Gasteiger partial charge in [-0.2, -0.15) is 0 Å². The molecule has 0 saturated heterocycles. The number of ether oxygens (including phenoxy) is 1. The minimum absolute atomic E-state index is 0.0978. The molecule has 4 aliphatic carbocycles. The number of rotatable bonds is 1. The third-order valence-electron chi connectivity index (χ3n) is 7.97. The number of hydrogen-bond acceptors (Lipinski definition) is 2. The molecule has 0 aromatic heterocycles. The molecule has 2 heteroatoms. The van der Waals surface area contributed by atoms with E-state index >= 15 is 0 Å². The second kappa shape index (κ2) is 5.22. The molecule has 6 atom stereocenters. The van der Waals surface area contributed by atoms with Gasteiger partial charge in [-0.1, -0.05) is 26.0 Å². The molecule has 0 aliphatic heterocycles. The normalized spacial score (nSPS) is 48.0. The van der Waals surface area contributed by atoms with Gasteiger partial charge in [-0.15, -0.1) is 0 Å². The molecule has 0 N–H and O–H groups in total. The van der Waals surface area contributed by atoms with Gasteiger partial charge in [0.05, 0.1) is 0 Å². The van der Waals surface area contributed by atoms with Crippen LogP contribution in [0.1, 0.15) is 65.7 Å². The Labute approximate surface area is 140 Å². The Kier molecular flexibility index (Phi) is 3.52. The summed E-state index contributed by atoms with van der Waals surface area (Å²) in [7, 11) is 0. The maximum Gasteiger partial charge on any atom is 0.307 e. The molecule has 6 unspecified atom stereocenters. The zero-order valence-corrected chi connectivity index (χ0v) is 14.8. The van der Waals surface area contributed by atoms with Gasteiger partial charge in [0.15, 0.2) is 0 Å². The van der Waals surface area contributed by atoms with Gasteiger partial charge in [-0.3, -0.25) is 4.79 Å². The van der Waals surface area contributed by atoms with Gasteiger partial charge < -0.3 is 4.74 Å². The molecule has 4 rings (SSSR count). The lowest BCUT2D eigenvalue weighted by Crippen LogP contribution is -2.52. The molecule has 2 fully saturated rings. The van der Waals surface area contributed by atoms with E-state index in [0.29, 0.717) is 11.3 Å². The topological polar surface area (TPSA) is 26.3 Å². The molecule has 0 aromatic rings.